The standard InChI is InChI=1S/C41H75N2O6P/c1-6-8-10-12-14-16-18-20-21-23-24-26-28-30-32-34-40(44)39(38-49-50(46,47)48-37-36-43(3,4)5)42-41(45)35-33-31-29-27-25-22-19-17-15-13-11-9-7-2/h11,13,17-20,24,26,32,34,39-40,44H,6-10,12,14-16,21-23,25,27-31,33,35-38H2,1-5H3,(H-,42,45,46,47)/p+1/b13-11-,19-17-,20-18+,26-24+,34-32+. The van der Waals surface area contributed by atoms with Crippen molar-refractivity contribution in [3.05, 3.63) is 60.8 Å². The summed E-state index contributed by atoms with van der Waals surface area (Å²) < 4.78 is 23.4. The number of aliphatic hydroxyl groups is 1. The first-order valence-electron chi connectivity index (χ1n) is 19.7. The fraction of sp³-hybridized carbons (Fsp3) is 0.732. The van der Waals surface area contributed by atoms with Crippen molar-refractivity contribution in [2.24, 2.45) is 0 Å². The molecular formula is C41H76N2O6P+. The molecule has 0 aromatic heterocycles. The molecule has 0 radical (unpaired) electrons. The average molecular weight is 724 g/mol. The van der Waals surface area contributed by atoms with E-state index < -0.39 is 20.0 Å². The zero-order valence-electron chi connectivity index (χ0n) is 32.6. The van der Waals surface area contributed by atoms with Gasteiger partial charge in [0.2, 0.25) is 5.91 Å². The number of carbonyl (C=O) groups excluding carboxylic acids is 1. The molecule has 3 unspecified atom stereocenters. The van der Waals surface area contributed by atoms with Gasteiger partial charge in [0, 0.05) is 6.42 Å². The normalized spacial score (nSPS) is 15.3. The summed E-state index contributed by atoms with van der Waals surface area (Å²) in [5.74, 6) is -0.211. The van der Waals surface area contributed by atoms with Crippen LogP contribution in [-0.4, -0.2) is 73.4 Å². The first-order valence-corrected chi connectivity index (χ1v) is 21.2. The first kappa shape index (κ1) is 48.2. The first-order chi connectivity index (χ1) is 24.0. The molecular weight excluding hydrogens is 647 g/mol. The van der Waals surface area contributed by atoms with Crippen LogP contribution in [0.15, 0.2) is 60.8 Å². The Labute approximate surface area is 307 Å². The predicted octanol–water partition coefficient (Wildman–Crippen LogP) is 10.3. The number of quaternary nitrogens is 1. The highest BCUT2D eigenvalue weighted by Crippen LogP contribution is 2.43. The molecule has 0 fully saturated rings. The highest BCUT2D eigenvalue weighted by molar-refractivity contribution is 7.47. The van der Waals surface area contributed by atoms with Crippen LogP contribution >= 0.6 is 7.82 Å². The number of aliphatic hydroxyl groups excluding tert-OH is 1. The number of hydrogen-bond donors (Lipinski definition) is 3. The summed E-state index contributed by atoms with van der Waals surface area (Å²) in [5.41, 5.74) is 0. The largest absolute Gasteiger partial charge is 0.472 e. The summed E-state index contributed by atoms with van der Waals surface area (Å²) in [7, 11) is 1.52. The van der Waals surface area contributed by atoms with Gasteiger partial charge in [-0.1, -0.05) is 126 Å². The van der Waals surface area contributed by atoms with E-state index in [1.807, 2.05) is 27.2 Å². The van der Waals surface area contributed by atoms with E-state index in [0.717, 1.165) is 77.0 Å². The average Bonchev–Trinajstić information content (AvgIpc) is 3.06. The Morgan fingerprint density at radius 1 is 0.680 bits per heavy atom. The smallest absolute Gasteiger partial charge is 0.387 e. The lowest BCUT2D eigenvalue weighted by atomic mass is 10.1. The molecule has 8 nitrogen and oxygen atoms in total. The minimum atomic E-state index is -4.35. The highest BCUT2D eigenvalue weighted by atomic mass is 31.2. The van der Waals surface area contributed by atoms with Crippen LogP contribution in [-0.2, 0) is 18.4 Å². The molecule has 0 saturated carbocycles. The van der Waals surface area contributed by atoms with Crippen molar-refractivity contribution in [1.29, 1.82) is 0 Å². The van der Waals surface area contributed by atoms with E-state index in [2.05, 4.69) is 67.8 Å². The molecule has 0 bridgehead atoms. The fourth-order valence-electron chi connectivity index (χ4n) is 4.99. The van der Waals surface area contributed by atoms with Gasteiger partial charge in [-0.25, -0.2) is 4.57 Å². The number of nitrogens with one attached hydrogen (secondary N) is 1. The van der Waals surface area contributed by atoms with Gasteiger partial charge >= 0.3 is 7.82 Å². The van der Waals surface area contributed by atoms with Crippen molar-refractivity contribution in [3.8, 4) is 0 Å². The summed E-state index contributed by atoms with van der Waals surface area (Å²) in [6, 6.07) is -0.876. The molecule has 9 heteroatoms. The van der Waals surface area contributed by atoms with Gasteiger partial charge in [0.05, 0.1) is 39.9 Å². The Bertz CT molecular complexity index is 1000. The second-order valence-corrected chi connectivity index (χ2v) is 15.7. The molecule has 0 aliphatic rings. The van der Waals surface area contributed by atoms with E-state index in [-0.39, 0.29) is 19.1 Å². The van der Waals surface area contributed by atoms with Gasteiger partial charge in [-0.2, -0.15) is 0 Å². The Morgan fingerprint density at radius 3 is 1.80 bits per heavy atom. The number of allylic oxidation sites excluding steroid dienone is 9. The topological polar surface area (TPSA) is 105 Å². The van der Waals surface area contributed by atoms with Crippen molar-refractivity contribution in [2.75, 3.05) is 40.9 Å². The number of phosphoric ester groups is 1. The molecule has 0 saturated heterocycles. The number of nitrogens with zero attached hydrogens (tertiary/aromatic N) is 1. The number of hydrogen-bond acceptors (Lipinski definition) is 5. The van der Waals surface area contributed by atoms with Crippen molar-refractivity contribution in [3.63, 3.8) is 0 Å². The number of rotatable bonds is 34. The third-order valence-electron chi connectivity index (χ3n) is 8.17. The van der Waals surface area contributed by atoms with E-state index in [1.54, 1.807) is 6.08 Å². The molecule has 0 aromatic carbocycles. The molecule has 0 rings (SSSR count). The molecule has 0 aliphatic heterocycles. The Morgan fingerprint density at radius 2 is 1.20 bits per heavy atom. The van der Waals surface area contributed by atoms with Crippen LogP contribution in [0.5, 0.6) is 0 Å². The number of unbranched alkanes of at least 4 members (excludes halogenated alkanes) is 13. The fourth-order valence-corrected chi connectivity index (χ4v) is 5.73. The lowest BCUT2D eigenvalue weighted by Gasteiger charge is -2.25. The Balaban J connectivity index is 4.65. The van der Waals surface area contributed by atoms with Crippen LogP contribution in [0, 0.1) is 0 Å². The second-order valence-electron chi connectivity index (χ2n) is 14.3. The van der Waals surface area contributed by atoms with Crippen molar-refractivity contribution in [1.82, 2.24) is 5.32 Å². The Hall–Kier alpha value is -1.80. The molecule has 3 atom stereocenters. The third kappa shape index (κ3) is 34.6. The zero-order chi connectivity index (χ0) is 37.2. The van der Waals surface area contributed by atoms with Gasteiger partial charge in [-0.05, 0) is 70.6 Å². The lowest BCUT2D eigenvalue weighted by molar-refractivity contribution is -0.870. The maximum absolute atomic E-state index is 12.8. The highest BCUT2D eigenvalue weighted by Gasteiger charge is 2.27. The van der Waals surface area contributed by atoms with Gasteiger partial charge in [-0.15, -0.1) is 0 Å². The summed E-state index contributed by atoms with van der Waals surface area (Å²) in [4.78, 5) is 23.0. The van der Waals surface area contributed by atoms with Gasteiger partial charge in [0.25, 0.3) is 0 Å². The van der Waals surface area contributed by atoms with Gasteiger partial charge in [0.15, 0.2) is 0 Å². The SMILES string of the molecule is CCC/C=C\C/C=C\CCCCCCCC(=O)NC(COP(=O)(O)OCC[N+](C)(C)C)C(O)/C=C/CC/C=C/CC/C=C/CCCCCCC. The summed E-state index contributed by atoms with van der Waals surface area (Å²) in [6.45, 7) is 4.66. The molecule has 0 spiro atoms. The predicted molar refractivity (Wildman–Crippen MR) is 212 cm³/mol. The van der Waals surface area contributed by atoms with E-state index in [9.17, 15) is 19.4 Å². The second kappa shape index (κ2) is 33.1. The van der Waals surface area contributed by atoms with Crippen LogP contribution < -0.4 is 5.32 Å². The minimum absolute atomic E-state index is 0.0480. The number of phosphoric acid groups is 1. The van der Waals surface area contributed by atoms with E-state index >= 15 is 0 Å². The number of amides is 1. The molecule has 1 amide bonds. The van der Waals surface area contributed by atoms with E-state index in [0.29, 0.717) is 17.4 Å². The van der Waals surface area contributed by atoms with Gasteiger partial charge in [0.1, 0.15) is 13.2 Å². The van der Waals surface area contributed by atoms with Crippen LogP contribution in [0.1, 0.15) is 142 Å². The molecule has 0 heterocycles. The summed E-state index contributed by atoms with van der Waals surface area (Å²) in [5, 5.41) is 13.7. The number of carbonyl (C=O) groups is 1. The van der Waals surface area contributed by atoms with Crippen molar-refractivity contribution >= 4 is 13.7 Å². The van der Waals surface area contributed by atoms with Crippen molar-refractivity contribution < 1.29 is 32.9 Å². The molecule has 0 aliphatic carbocycles. The van der Waals surface area contributed by atoms with Crippen LogP contribution in [0.25, 0.3) is 0 Å². The quantitative estimate of drug-likeness (QED) is 0.0264. The monoisotopic (exact) mass is 724 g/mol. The van der Waals surface area contributed by atoms with Gasteiger partial charge in [-0.3, -0.25) is 13.8 Å². The third-order valence-corrected chi connectivity index (χ3v) is 9.15. The van der Waals surface area contributed by atoms with Crippen LogP contribution in [0.4, 0.5) is 0 Å². The van der Waals surface area contributed by atoms with Crippen LogP contribution in [0.3, 0.4) is 0 Å². The maximum atomic E-state index is 12.8. The van der Waals surface area contributed by atoms with E-state index in [4.69, 9.17) is 9.05 Å². The van der Waals surface area contributed by atoms with Crippen LogP contribution in [0.2, 0.25) is 0 Å². The maximum Gasteiger partial charge on any atom is 0.472 e. The molecule has 0 aromatic rings. The molecule has 3 N–H and O–H groups in total. The molecule has 50 heavy (non-hydrogen) atoms. The minimum Gasteiger partial charge on any atom is -0.387 e. The Kier molecular flexibility index (Phi) is 31.9. The van der Waals surface area contributed by atoms with E-state index in [1.165, 1.54) is 44.9 Å². The molecule has 290 valence electrons. The lowest BCUT2D eigenvalue weighted by Crippen LogP contribution is -2.45. The summed E-state index contributed by atoms with van der Waals surface area (Å²) in [6.07, 6.45) is 41.4. The zero-order valence-corrected chi connectivity index (χ0v) is 33.5. The van der Waals surface area contributed by atoms with Crippen molar-refractivity contribution in [2.45, 2.75) is 154 Å². The summed E-state index contributed by atoms with van der Waals surface area (Å²) >= 11 is 0. The number of likely N-dealkylation sites (N-methyl/N-ethyl adjacent to an activating group) is 1. The van der Waals surface area contributed by atoms with Gasteiger partial charge < -0.3 is 19.8 Å².